The molecule has 0 aliphatic rings. The predicted molar refractivity (Wildman–Crippen MR) is 100 cm³/mol. The van der Waals surface area contributed by atoms with E-state index < -0.39 is 5.97 Å². The summed E-state index contributed by atoms with van der Waals surface area (Å²) in [6, 6.07) is 15.2. The maximum atomic E-state index is 10.8. The van der Waals surface area contributed by atoms with Gasteiger partial charge in [0, 0.05) is 5.75 Å². The second-order valence-electron chi connectivity index (χ2n) is 6.30. The van der Waals surface area contributed by atoms with Gasteiger partial charge in [-0.05, 0) is 53.6 Å². The van der Waals surface area contributed by atoms with Crippen LogP contribution in [0.2, 0.25) is 0 Å². The van der Waals surface area contributed by atoms with E-state index in [-0.39, 0.29) is 5.56 Å². The van der Waals surface area contributed by atoms with E-state index in [0.717, 1.165) is 32.8 Å². The zero-order valence-electron chi connectivity index (χ0n) is 14.4. The number of carboxylic acids is 1. The largest absolute Gasteiger partial charge is 0.545 e. The highest BCUT2D eigenvalue weighted by atomic mass is 32.2. The van der Waals surface area contributed by atoms with E-state index >= 15 is 0 Å². The maximum Gasteiger partial charge on any atom is 0.196 e. The molecule has 0 aliphatic carbocycles. The number of aromatic carboxylic acids is 1. The van der Waals surface area contributed by atoms with Crippen molar-refractivity contribution in [2.45, 2.75) is 24.8 Å². The molecule has 2 aromatic heterocycles. The summed E-state index contributed by atoms with van der Waals surface area (Å²) in [5, 5.41) is 21.5. The van der Waals surface area contributed by atoms with Gasteiger partial charge >= 0.3 is 0 Å². The molecule has 4 rings (SSSR count). The van der Waals surface area contributed by atoms with Crippen molar-refractivity contribution in [3.63, 3.8) is 0 Å². The number of carbonyl (C=O) groups excluding carboxylic acids is 1. The second-order valence-corrected chi connectivity index (χ2v) is 7.25. The van der Waals surface area contributed by atoms with Crippen LogP contribution in [0.15, 0.2) is 53.7 Å². The molecule has 0 saturated heterocycles. The number of nitrogens with zero attached hydrogens (tertiary/aromatic N) is 3. The van der Waals surface area contributed by atoms with Crippen LogP contribution in [0.3, 0.4) is 0 Å². The van der Waals surface area contributed by atoms with Crippen LogP contribution in [-0.2, 0) is 5.75 Å². The number of hydrogen-bond donors (Lipinski definition) is 0. The predicted octanol–water partition coefficient (Wildman–Crippen LogP) is 3.16. The molecular weight excluding hydrogens is 346 g/mol. The number of carbonyl (C=O) groups is 1. The summed E-state index contributed by atoms with van der Waals surface area (Å²) in [6.07, 6.45) is 0. The number of aromatic nitrogens is 3. The molecule has 26 heavy (non-hydrogen) atoms. The van der Waals surface area contributed by atoms with Crippen LogP contribution in [0.25, 0.3) is 16.6 Å². The number of pyridine rings is 1. The molecule has 0 unspecified atom stereocenters. The Balaban J connectivity index is 1.71. The van der Waals surface area contributed by atoms with Crippen molar-refractivity contribution in [2.75, 3.05) is 0 Å². The minimum Gasteiger partial charge on any atom is -0.545 e. The minimum absolute atomic E-state index is 0.184. The van der Waals surface area contributed by atoms with E-state index in [2.05, 4.69) is 45.8 Å². The van der Waals surface area contributed by atoms with E-state index in [4.69, 9.17) is 0 Å². The quantitative estimate of drug-likeness (QED) is 0.522. The monoisotopic (exact) mass is 362 g/mol. The molecule has 0 amide bonds. The summed E-state index contributed by atoms with van der Waals surface area (Å²) in [5.41, 5.74) is 5.42. The van der Waals surface area contributed by atoms with Gasteiger partial charge in [-0.15, -0.1) is 10.2 Å². The zero-order chi connectivity index (χ0) is 18.3. The van der Waals surface area contributed by atoms with Crippen LogP contribution >= 0.6 is 11.8 Å². The SMILES string of the molecule is Cc1ccc2cc(C)c3nnc(SCc4ccc(C(=O)[O-])cc4)n3c2c1. The summed E-state index contributed by atoms with van der Waals surface area (Å²) in [5.74, 6) is -0.486. The molecule has 0 bridgehead atoms. The molecule has 0 radical (unpaired) electrons. The molecule has 0 atom stereocenters. The van der Waals surface area contributed by atoms with Gasteiger partial charge in [0.2, 0.25) is 0 Å². The van der Waals surface area contributed by atoms with Gasteiger partial charge in [0.1, 0.15) is 0 Å². The third-order valence-electron chi connectivity index (χ3n) is 4.34. The molecule has 0 N–H and O–H groups in total. The van der Waals surface area contributed by atoms with Crippen molar-refractivity contribution in [1.29, 1.82) is 0 Å². The van der Waals surface area contributed by atoms with E-state index in [0.29, 0.717) is 5.75 Å². The average molecular weight is 362 g/mol. The number of rotatable bonds is 4. The average Bonchev–Trinajstić information content (AvgIpc) is 3.06. The summed E-state index contributed by atoms with van der Waals surface area (Å²) in [6.45, 7) is 4.11. The Kier molecular flexibility index (Phi) is 4.12. The first kappa shape index (κ1) is 16.6. The molecule has 6 heteroatoms. The minimum atomic E-state index is -1.16. The van der Waals surface area contributed by atoms with Crippen molar-refractivity contribution < 1.29 is 9.90 Å². The van der Waals surface area contributed by atoms with E-state index in [1.165, 1.54) is 5.56 Å². The van der Waals surface area contributed by atoms with Crippen LogP contribution < -0.4 is 5.11 Å². The lowest BCUT2D eigenvalue weighted by Gasteiger charge is -2.08. The molecule has 5 nitrogen and oxygen atoms in total. The lowest BCUT2D eigenvalue weighted by atomic mass is 10.1. The molecule has 4 aromatic rings. The first-order chi connectivity index (χ1) is 12.5. The molecule has 2 heterocycles. The van der Waals surface area contributed by atoms with Crippen molar-refractivity contribution in [2.24, 2.45) is 0 Å². The molecular formula is C20H16N3O2S-. The summed E-state index contributed by atoms with van der Waals surface area (Å²) < 4.78 is 2.10. The molecule has 0 saturated carbocycles. The Morgan fingerprint density at radius 3 is 2.58 bits per heavy atom. The fraction of sp³-hybridized carbons (Fsp3) is 0.150. The topological polar surface area (TPSA) is 70.3 Å². The first-order valence-corrected chi connectivity index (χ1v) is 9.19. The standard InChI is InChI=1S/C20H17N3O2S/c1-12-3-6-16-10-13(2)18-21-22-20(23(18)17(16)9-12)26-11-14-4-7-15(8-5-14)19(24)25/h3-10H,11H2,1-2H3,(H,24,25)/p-1. The van der Waals surface area contributed by atoms with Gasteiger partial charge in [-0.3, -0.25) is 4.40 Å². The number of fused-ring (bicyclic) bond motifs is 3. The Labute approximate surface area is 154 Å². The van der Waals surface area contributed by atoms with E-state index in [9.17, 15) is 9.90 Å². The number of aryl methyl sites for hydroxylation is 2. The van der Waals surface area contributed by atoms with Gasteiger partial charge in [0.05, 0.1) is 11.5 Å². The van der Waals surface area contributed by atoms with Gasteiger partial charge in [-0.25, -0.2) is 0 Å². The van der Waals surface area contributed by atoms with Crippen molar-refractivity contribution in [3.05, 3.63) is 70.8 Å². The van der Waals surface area contributed by atoms with Gasteiger partial charge < -0.3 is 9.90 Å². The smallest absolute Gasteiger partial charge is 0.196 e. The normalized spacial score (nSPS) is 11.3. The van der Waals surface area contributed by atoms with Crippen LogP contribution in [0, 0.1) is 13.8 Å². The number of thioether (sulfide) groups is 1. The van der Waals surface area contributed by atoms with Gasteiger partial charge in [-0.1, -0.05) is 48.2 Å². The maximum absolute atomic E-state index is 10.8. The fourth-order valence-electron chi connectivity index (χ4n) is 2.99. The van der Waals surface area contributed by atoms with Crippen LogP contribution in [0.1, 0.15) is 27.0 Å². The van der Waals surface area contributed by atoms with Gasteiger partial charge in [0.25, 0.3) is 0 Å². The molecule has 0 aliphatic heterocycles. The third kappa shape index (κ3) is 2.93. The highest BCUT2D eigenvalue weighted by Crippen LogP contribution is 2.28. The van der Waals surface area contributed by atoms with Crippen LogP contribution in [0.5, 0.6) is 0 Å². The van der Waals surface area contributed by atoms with Gasteiger partial charge in [-0.2, -0.15) is 0 Å². The lowest BCUT2D eigenvalue weighted by molar-refractivity contribution is -0.255. The number of hydrogen-bond acceptors (Lipinski definition) is 5. The first-order valence-electron chi connectivity index (χ1n) is 8.21. The summed E-state index contributed by atoms with van der Waals surface area (Å²) in [4.78, 5) is 10.8. The number of benzene rings is 2. The van der Waals surface area contributed by atoms with Crippen molar-refractivity contribution in [1.82, 2.24) is 14.6 Å². The second kappa shape index (κ2) is 6.46. The number of carboxylic acid groups (broad SMARTS) is 1. The Morgan fingerprint density at radius 2 is 1.85 bits per heavy atom. The lowest BCUT2D eigenvalue weighted by Crippen LogP contribution is -2.21. The molecule has 2 aromatic carbocycles. The zero-order valence-corrected chi connectivity index (χ0v) is 15.2. The Morgan fingerprint density at radius 1 is 1.08 bits per heavy atom. The Bertz CT molecular complexity index is 1130. The summed E-state index contributed by atoms with van der Waals surface area (Å²) >= 11 is 1.58. The van der Waals surface area contributed by atoms with Crippen LogP contribution in [-0.4, -0.2) is 20.6 Å². The summed E-state index contributed by atoms with van der Waals surface area (Å²) in [7, 11) is 0. The third-order valence-corrected chi connectivity index (χ3v) is 5.34. The highest BCUT2D eigenvalue weighted by molar-refractivity contribution is 7.98. The molecule has 130 valence electrons. The van der Waals surface area contributed by atoms with E-state index in [1.807, 2.05) is 6.92 Å². The van der Waals surface area contributed by atoms with Crippen molar-refractivity contribution in [3.8, 4) is 0 Å². The Hall–Kier alpha value is -2.86. The van der Waals surface area contributed by atoms with Crippen molar-refractivity contribution >= 4 is 34.3 Å². The van der Waals surface area contributed by atoms with Gasteiger partial charge in [0.15, 0.2) is 10.8 Å². The highest BCUT2D eigenvalue weighted by Gasteiger charge is 2.12. The molecule has 0 fully saturated rings. The fourth-order valence-corrected chi connectivity index (χ4v) is 3.89. The molecule has 0 spiro atoms. The van der Waals surface area contributed by atoms with Crippen LogP contribution in [0.4, 0.5) is 0 Å². The van der Waals surface area contributed by atoms with E-state index in [1.54, 1.807) is 36.0 Å².